The molecule has 0 radical (unpaired) electrons. The maximum absolute atomic E-state index is 5.93. The molecule has 19 heavy (non-hydrogen) atoms. The van der Waals surface area contributed by atoms with Crippen LogP contribution in [0.15, 0.2) is 36.5 Å². The van der Waals surface area contributed by atoms with Crippen LogP contribution in [-0.2, 0) is 0 Å². The Bertz CT molecular complexity index is 540. The lowest BCUT2D eigenvalue weighted by molar-refractivity contribution is 0.334. The van der Waals surface area contributed by atoms with Gasteiger partial charge in [0.1, 0.15) is 5.82 Å². The molecule has 0 spiro atoms. The highest BCUT2D eigenvalue weighted by molar-refractivity contribution is 6.17. The maximum Gasteiger partial charge on any atom is 0.134 e. The molecule has 0 amide bonds. The first-order valence-corrected chi connectivity index (χ1v) is 7.22. The maximum atomic E-state index is 5.93. The molecule has 1 unspecified atom stereocenters. The highest BCUT2D eigenvalue weighted by Gasteiger charge is 2.24. The Morgan fingerprint density at radius 3 is 2.63 bits per heavy atom. The van der Waals surface area contributed by atoms with Crippen LogP contribution in [0.1, 0.15) is 27.2 Å². The molecule has 0 aliphatic carbocycles. The molecule has 1 aromatic carbocycles. The number of pyridine rings is 1. The predicted molar refractivity (Wildman–Crippen MR) is 83.9 cm³/mol. The van der Waals surface area contributed by atoms with E-state index in [9.17, 15) is 0 Å². The number of benzene rings is 1. The number of hydrogen-bond acceptors (Lipinski definition) is 2. The van der Waals surface area contributed by atoms with Crippen molar-refractivity contribution in [2.75, 3.05) is 11.2 Å². The Hall–Kier alpha value is -1.28. The van der Waals surface area contributed by atoms with Gasteiger partial charge < -0.3 is 5.32 Å². The van der Waals surface area contributed by atoms with Crippen molar-refractivity contribution < 1.29 is 0 Å². The van der Waals surface area contributed by atoms with Crippen LogP contribution in [0.4, 0.5) is 5.82 Å². The van der Waals surface area contributed by atoms with Crippen LogP contribution in [0.25, 0.3) is 10.8 Å². The highest BCUT2D eigenvalue weighted by atomic mass is 35.5. The Kier molecular flexibility index (Phi) is 4.31. The van der Waals surface area contributed by atoms with Crippen molar-refractivity contribution in [3.05, 3.63) is 36.5 Å². The van der Waals surface area contributed by atoms with Gasteiger partial charge in [-0.25, -0.2) is 4.98 Å². The largest absolute Gasteiger partial charge is 0.366 e. The molecule has 0 bridgehead atoms. The molecule has 2 rings (SSSR count). The van der Waals surface area contributed by atoms with E-state index >= 15 is 0 Å². The minimum Gasteiger partial charge on any atom is -0.366 e. The van der Waals surface area contributed by atoms with E-state index in [0.717, 1.165) is 17.6 Å². The summed E-state index contributed by atoms with van der Waals surface area (Å²) in [6, 6.07) is 10.6. The van der Waals surface area contributed by atoms with E-state index in [1.807, 2.05) is 24.4 Å². The van der Waals surface area contributed by atoms with E-state index in [1.165, 1.54) is 5.39 Å². The van der Waals surface area contributed by atoms with Gasteiger partial charge in [-0.05, 0) is 23.3 Å². The van der Waals surface area contributed by atoms with Crippen LogP contribution in [-0.4, -0.2) is 16.9 Å². The Labute approximate surface area is 120 Å². The molecule has 2 aromatic rings. The number of anilines is 1. The number of hydrogen-bond donors (Lipinski definition) is 1. The van der Waals surface area contributed by atoms with Crippen LogP contribution in [0.2, 0.25) is 0 Å². The molecule has 1 heterocycles. The second-order valence-corrected chi connectivity index (χ2v) is 6.30. The molecule has 1 N–H and O–H groups in total. The molecule has 0 aliphatic heterocycles. The van der Waals surface area contributed by atoms with E-state index < -0.39 is 0 Å². The molecule has 102 valence electrons. The van der Waals surface area contributed by atoms with E-state index in [4.69, 9.17) is 11.6 Å². The van der Waals surface area contributed by atoms with Crippen molar-refractivity contribution in [1.29, 1.82) is 0 Å². The van der Waals surface area contributed by atoms with Crippen molar-refractivity contribution in [2.24, 2.45) is 5.41 Å². The van der Waals surface area contributed by atoms with Crippen molar-refractivity contribution in [2.45, 2.75) is 33.2 Å². The molecule has 0 aliphatic rings. The summed E-state index contributed by atoms with van der Waals surface area (Å²) in [6.07, 6.45) is 2.78. The lowest BCUT2D eigenvalue weighted by Gasteiger charge is -2.31. The number of nitrogens with one attached hydrogen (secondary N) is 1. The van der Waals surface area contributed by atoms with E-state index in [0.29, 0.717) is 11.9 Å². The fourth-order valence-corrected chi connectivity index (χ4v) is 2.45. The zero-order valence-corrected chi connectivity index (χ0v) is 12.5. The normalized spacial score (nSPS) is 13.5. The van der Waals surface area contributed by atoms with Gasteiger partial charge >= 0.3 is 0 Å². The summed E-state index contributed by atoms with van der Waals surface area (Å²) in [6.45, 7) is 6.67. The van der Waals surface area contributed by atoms with Crippen LogP contribution < -0.4 is 5.32 Å². The summed E-state index contributed by atoms with van der Waals surface area (Å²) in [5, 5.41) is 5.94. The van der Waals surface area contributed by atoms with Crippen LogP contribution in [0.5, 0.6) is 0 Å². The monoisotopic (exact) mass is 276 g/mol. The zero-order valence-electron chi connectivity index (χ0n) is 11.8. The summed E-state index contributed by atoms with van der Waals surface area (Å²) in [4.78, 5) is 4.49. The zero-order chi connectivity index (χ0) is 13.9. The molecular weight excluding hydrogens is 256 g/mol. The minimum atomic E-state index is 0.146. The SMILES string of the molecule is CC(C)(C)C(CCCl)Nc1nccc2ccccc12. The van der Waals surface area contributed by atoms with Gasteiger partial charge in [0.2, 0.25) is 0 Å². The second-order valence-electron chi connectivity index (χ2n) is 5.92. The van der Waals surface area contributed by atoms with Crippen molar-refractivity contribution in [3.8, 4) is 0 Å². The first-order valence-electron chi connectivity index (χ1n) is 6.68. The Balaban J connectivity index is 2.34. The Morgan fingerprint density at radius 1 is 1.21 bits per heavy atom. The van der Waals surface area contributed by atoms with Crippen molar-refractivity contribution in [3.63, 3.8) is 0 Å². The number of rotatable bonds is 4. The fourth-order valence-electron chi connectivity index (χ4n) is 2.23. The number of aromatic nitrogens is 1. The topological polar surface area (TPSA) is 24.9 Å². The van der Waals surface area contributed by atoms with Gasteiger partial charge in [-0.3, -0.25) is 0 Å². The lowest BCUT2D eigenvalue weighted by Crippen LogP contribution is -2.34. The van der Waals surface area contributed by atoms with Gasteiger partial charge in [0.25, 0.3) is 0 Å². The van der Waals surface area contributed by atoms with Gasteiger partial charge in [-0.1, -0.05) is 45.0 Å². The quantitative estimate of drug-likeness (QED) is 0.820. The fraction of sp³-hybridized carbons (Fsp3) is 0.438. The first kappa shape index (κ1) is 14.1. The van der Waals surface area contributed by atoms with Gasteiger partial charge in [-0.15, -0.1) is 11.6 Å². The first-order chi connectivity index (χ1) is 9.02. The average Bonchev–Trinajstić information content (AvgIpc) is 2.37. The summed E-state index contributed by atoms with van der Waals surface area (Å²) >= 11 is 5.93. The number of alkyl halides is 1. The summed E-state index contributed by atoms with van der Waals surface area (Å²) < 4.78 is 0. The molecule has 1 atom stereocenters. The molecule has 1 aromatic heterocycles. The molecule has 0 saturated carbocycles. The Morgan fingerprint density at radius 2 is 1.95 bits per heavy atom. The van der Waals surface area contributed by atoms with Gasteiger partial charge in [0.15, 0.2) is 0 Å². The van der Waals surface area contributed by atoms with Gasteiger partial charge in [0.05, 0.1) is 0 Å². The number of fused-ring (bicyclic) bond motifs is 1. The summed E-state index contributed by atoms with van der Waals surface area (Å²) in [5.74, 6) is 1.60. The summed E-state index contributed by atoms with van der Waals surface area (Å²) in [7, 11) is 0. The van der Waals surface area contributed by atoms with Crippen LogP contribution >= 0.6 is 11.6 Å². The highest BCUT2D eigenvalue weighted by Crippen LogP contribution is 2.28. The van der Waals surface area contributed by atoms with Gasteiger partial charge in [-0.2, -0.15) is 0 Å². The van der Waals surface area contributed by atoms with Crippen LogP contribution in [0, 0.1) is 5.41 Å². The molecule has 2 nitrogen and oxygen atoms in total. The number of nitrogens with zero attached hydrogens (tertiary/aromatic N) is 1. The molecule has 0 saturated heterocycles. The third kappa shape index (κ3) is 3.38. The van der Waals surface area contributed by atoms with E-state index in [-0.39, 0.29) is 5.41 Å². The molecular formula is C16H21ClN2. The second kappa shape index (κ2) is 5.79. The lowest BCUT2D eigenvalue weighted by atomic mass is 9.85. The standard InChI is InChI=1S/C16H21ClN2/c1-16(2,3)14(8-10-17)19-15-13-7-5-4-6-12(13)9-11-18-15/h4-7,9,11,14H,8,10H2,1-3H3,(H,18,19). The van der Waals surface area contributed by atoms with Gasteiger partial charge in [0, 0.05) is 23.5 Å². The average molecular weight is 277 g/mol. The summed E-state index contributed by atoms with van der Waals surface area (Å²) in [5.41, 5.74) is 0.146. The van der Waals surface area contributed by atoms with Crippen LogP contribution in [0.3, 0.4) is 0 Å². The minimum absolute atomic E-state index is 0.146. The predicted octanol–water partition coefficient (Wildman–Crippen LogP) is 4.69. The van der Waals surface area contributed by atoms with E-state index in [1.54, 1.807) is 0 Å². The molecule has 0 fully saturated rings. The molecule has 3 heteroatoms. The van der Waals surface area contributed by atoms with E-state index in [2.05, 4.69) is 43.2 Å². The number of halogens is 1. The van der Waals surface area contributed by atoms with Crippen molar-refractivity contribution >= 4 is 28.2 Å². The van der Waals surface area contributed by atoms with Crippen molar-refractivity contribution in [1.82, 2.24) is 4.98 Å². The third-order valence-electron chi connectivity index (χ3n) is 3.43. The third-order valence-corrected chi connectivity index (χ3v) is 3.65. The smallest absolute Gasteiger partial charge is 0.134 e.